The number of carbonyl (C=O) groups excluding carboxylic acids is 3. The van der Waals surface area contributed by atoms with E-state index >= 15 is 0 Å². The number of rotatable bonds is 7. The van der Waals surface area contributed by atoms with Gasteiger partial charge in [-0.2, -0.15) is 0 Å². The second kappa shape index (κ2) is 12.1. The normalized spacial score (nSPS) is 14.2. The van der Waals surface area contributed by atoms with E-state index in [1.807, 2.05) is 30.3 Å². The van der Waals surface area contributed by atoms with Crippen molar-refractivity contribution in [2.75, 3.05) is 11.9 Å². The van der Waals surface area contributed by atoms with Gasteiger partial charge in [-0.15, -0.1) is 0 Å². The van der Waals surface area contributed by atoms with Crippen LogP contribution >= 0.6 is 0 Å². The number of amides is 3. The van der Waals surface area contributed by atoms with Gasteiger partial charge in [-0.1, -0.05) is 0 Å². The molecule has 8 heteroatoms. The van der Waals surface area contributed by atoms with Gasteiger partial charge in [-0.25, -0.2) is 0 Å². The molecule has 7 nitrogen and oxygen atoms in total. The predicted octanol–water partition coefficient (Wildman–Crippen LogP) is 5.07. The summed E-state index contributed by atoms with van der Waals surface area (Å²) < 4.78 is 11.1. The molecular formula is C41H29N3O4Po. The minimum atomic E-state index is -3.82. The number of nitrogens with zero attached hydrogens (tertiary/aromatic N) is 2. The molecule has 1 N–H and O–H groups in total. The average Bonchev–Trinajstić information content (AvgIpc) is 3.52. The molecule has 3 amide bonds. The number of amidine groups is 1. The molecular weight excluding hydrogens is 807 g/mol. The standard InChI is InChI=1S/C23H14N3O4.3C6H5.Po/c1-25-20(24)16-9-7-14(11-18(16)21(25)27)30-15-8-10-17-19(12-15)23(29)26(22(17)28)13-5-3-2-4-6-13;3*1-2-4-6-5-3-1;/h3-12,24H,1H3;3*1-5H;. The Kier molecular flexibility index (Phi) is 7.54. The van der Waals surface area contributed by atoms with Crippen molar-refractivity contribution in [2.24, 2.45) is 0 Å². The Morgan fingerprint density at radius 1 is 0.490 bits per heavy atom. The van der Waals surface area contributed by atoms with Crippen LogP contribution in [0.5, 0.6) is 11.5 Å². The molecule has 6 aromatic carbocycles. The summed E-state index contributed by atoms with van der Waals surface area (Å²) in [7, 11) is 1.56. The van der Waals surface area contributed by atoms with Crippen LogP contribution < -0.4 is 22.5 Å². The molecule has 0 atom stereocenters. The van der Waals surface area contributed by atoms with Crippen LogP contribution in [0, 0.1) is 5.41 Å². The molecule has 2 heterocycles. The van der Waals surface area contributed by atoms with E-state index in [2.05, 4.69) is 84.9 Å². The maximum absolute atomic E-state index is 13.8. The number of carbonyl (C=O) groups is 3. The Balaban J connectivity index is 1.14. The molecule has 238 valence electrons. The van der Waals surface area contributed by atoms with Gasteiger partial charge in [0, 0.05) is 12.6 Å². The van der Waals surface area contributed by atoms with E-state index in [-0.39, 0.29) is 17.3 Å². The molecule has 6 aromatic rings. The van der Waals surface area contributed by atoms with Crippen LogP contribution in [-0.2, 0) is 0 Å². The van der Waals surface area contributed by atoms with Crippen molar-refractivity contribution >= 4 is 62.7 Å². The minimum Gasteiger partial charge on any atom is -0.269 e. The Hall–Kier alpha value is -5.70. The molecule has 0 aromatic heterocycles. The summed E-state index contributed by atoms with van der Waals surface area (Å²) in [5.41, 5.74) is 1.96. The van der Waals surface area contributed by atoms with Gasteiger partial charge in [0.15, 0.2) is 0 Å². The zero-order valence-corrected chi connectivity index (χ0v) is 29.5. The first-order chi connectivity index (χ1) is 23.9. The number of ether oxygens (including phenoxy) is 1. The van der Waals surface area contributed by atoms with Crippen molar-refractivity contribution in [1.29, 1.82) is 5.41 Å². The van der Waals surface area contributed by atoms with E-state index < -0.39 is 32.4 Å². The van der Waals surface area contributed by atoms with Crippen molar-refractivity contribution in [2.45, 2.75) is 0 Å². The summed E-state index contributed by atoms with van der Waals surface area (Å²) in [5, 5.41) is 8.13. The van der Waals surface area contributed by atoms with Crippen molar-refractivity contribution < 1.29 is 19.1 Å². The SMILES string of the molecule is CN1C(=N)c2ccc(Oc3ccc4c(c3)C(=O)N(c3cc[c]([Po]([c]5ccccc5)([c]5ccccc5)[c]5ccccc5)cc3)C4=O)cc2C1=O. The fraction of sp³-hybridized carbons (Fsp3) is 0.0244. The Labute approximate surface area is 288 Å². The molecule has 0 spiro atoms. The number of hydrogen-bond acceptors (Lipinski definition) is 5. The molecule has 49 heavy (non-hydrogen) atoms. The van der Waals surface area contributed by atoms with Crippen molar-refractivity contribution in [3.63, 3.8) is 0 Å². The van der Waals surface area contributed by atoms with Gasteiger partial charge in [0.1, 0.15) is 5.84 Å². The number of imide groups is 1. The third-order valence-electron chi connectivity index (χ3n) is 8.95. The third-order valence-corrected chi connectivity index (χ3v) is 24.2. The third kappa shape index (κ3) is 4.91. The number of hydrogen-bond donors (Lipinski definition) is 1. The molecule has 8 rings (SSSR count). The predicted molar refractivity (Wildman–Crippen MR) is 193 cm³/mol. The molecule has 0 bridgehead atoms. The minimum absolute atomic E-state index is 0.135. The molecule has 0 saturated carbocycles. The number of anilines is 1. The summed E-state index contributed by atoms with van der Waals surface area (Å²) in [5.74, 6) is -0.216. The first kappa shape index (κ1) is 30.6. The van der Waals surface area contributed by atoms with E-state index in [9.17, 15) is 14.4 Å². The van der Waals surface area contributed by atoms with Crippen LogP contribution in [0.1, 0.15) is 36.6 Å². The maximum atomic E-state index is 13.8. The summed E-state index contributed by atoms with van der Waals surface area (Å²) >= 11 is -3.82. The number of fused-ring (bicyclic) bond motifs is 2. The molecule has 0 aliphatic carbocycles. The molecule has 0 unspecified atom stereocenters. The zero-order valence-electron chi connectivity index (χ0n) is 26.4. The van der Waals surface area contributed by atoms with Gasteiger partial charge in [-0.3, -0.25) is 15.1 Å². The molecule has 0 fully saturated rings. The Morgan fingerprint density at radius 2 is 0.918 bits per heavy atom. The van der Waals surface area contributed by atoms with E-state index in [0.29, 0.717) is 33.9 Å². The van der Waals surface area contributed by atoms with Gasteiger partial charge in [0.25, 0.3) is 5.91 Å². The molecule has 0 radical (unpaired) electrons. The second-order valence-electron chi connectivity index (χ2n) is 11.7. The van der Waals surface area contributed by atoms with Crippen LogP contribution in [0.3, 0.4) is 0 Å². The average molecular weight is 837 g/mol. The van der Waals surface area contributed by atoms with Gasteiger partial charge in [0.05, 0.1) is 5.56 Å². The smallest absolute Gasteiger partial charge is 0.269 e. The Morgan fingerprint density at radius 3 is 1.43 bits per heavy atom. The van der Waals surface area contributed by atoms with Crippen LogP contribution in [0.4, 0.5) is 5.69 Å². The van der Waals surface area contributed by atoms with Crippen LogP contribution in [-0.4, -0.2) is 56.1 Å². The monoisotopic (exact) mass is 836 g/mol. The van der Waals surface area contributed by atoms with Gasteiger partial charge in [0.2, 0.25) is 0 Å². The summed E-state index contributed by atoms with van der Waals surface area (Å²) in [6, 6.07) is 49.6. The van der Waals surface area contributed by atoms with E-state index in [1.165, 1.54) is 22.7 Å². The van der Waals surface area contributed by atoms with Gasteiger partial charge in [-0.05, 0) is 6.07 Å². The Bertz CT molecular complexity index is 2200. The van der Waals surface area contributed by atoms with Gasteiger partial charge < -0.3 is 0 Å². The zero-order chi connectivity index (χ0) is 33.7. The number of nitrogens with one attached hydrogen (secondary N) is 1. The summed E-state index contributed by atoms with van der Waals surface area (Å²) in [6.07, 6.45) is 0. The van der Waals surface area contributed by atoms with E-state index in [0.717, 1.165) is 0 Å². The van der Waals surface area contributed by atoms with Crippen molar-refractivity contribution in [3.05, 3.63) is 174 Å². The first-order valence-corrected chi connectivity index (χ1v) is 22.0. The topological polar surface area (TPSA) is 90.8 Å². The van der Waals surface area contributed by atoms with Crippen molar-refractivity contribution in [3.8, 4) is 11.5 Å². The fourth-order valence-electron chi connectivity index (χ4n) is 6.58. The van der Waals surface area contributed by atoms with E-state index in [1.54, 1.807) is 43.4 Å². The van der Waals surface area contributed by atoms with E-state index in [4.69, 9.17) is 10.1 Å². The second-order valence-corrected chi connectivity index (χ2v) is 23.8. The first-order valence-electron chi connectivity index (χ1n) is 15.7. The van der Waals surface area contributed by atoms with Crippen LogP contribution in [0.2, 0.25) is 0 Å². The fourth-order valence-corrected chi connectivity index (χ4v) is 21.6. The van der Waals surface area contributed by atoms with Crippen LogP contribution in [0.25, 0.3) is 0 Å². The van der Waals surface area contributed by atoms with Crippen molar-refractivity contribution in [1.82, 2.24) is 4.90 Å². The molecule has 2 aliphatic heterocycles. The quantitative estimate of drug-likeness (QED) is 0.228. The number of benzene rings is 6. The molecule has 0 saturated heterocycles. The molecule has 2 aliphatic rings. The van der Waals surface area contributed by atoms with Gasteiger partial charge >= 0.3 is 238 Å². The summed E-state index contributed by atoms with van der Waals surface area (Å²) in [4.78, 5) is 42.5. The summed E-state index contributed by atoms with van der Waals surface area (Å²) in [6.45, 7) is 0. The van der Waals surface area contributed by atoms with Crippen LogP contribution in [0.15, 0.2) is 152 Å².